The van der Waals surface area contributed by atoms with Gasteiger partial charge in [-0.3, -0.25) is 43.3 Å². The molecule has 0 aliphatic carbocycles. The van der Waals surface area contributed by atoms with E-state index in [0.717, 1.165) is 0 Å². The van der Waals surface area contributed by atoms with Crippen molar-refractivity contribution in [3.63, 3.8) is 0 Å². The zero-order valence-electron chi connectivity index (χ0n) is 39.8. The van der Waals surface area contributed by atoms with E-state index in [4.69, 9.17) is 17.2 Å². The molecule has 3 fully saturated rings. The minimum Gasteiger partial charge on any atom is -0.480 e. The number of nitrogens with two attached hydrogens (primary N) is 3. The molecule has 8 amide bonds. The van der Waals surface area contributed by atoms with Crippen molar-refractivity contribution < 1.29 is 53.4 Å². The summed E-state index contributed by atoms with van der Waals surface area (Å²) in [5.74, 6) is -5.38. The van der Waals surface area contributed by atoms with E-state index < -0.39 is 103 Å². The molecule has 70 heavy (non-hydrogen) atoms. The highest BCUT2D eigenvalue weighted by molar-refractivity contribution is 7.98. The summed E-state index contributed by atoms with van der Waals surface area (Å²) in [6.45, 7) is -0.491. The molecular weight excluding hydrogens is 949 g/mol. The van der Waals surface area contributed by atoms with Gasteiger partial charge >= 0.3 is 5.97 Å². The van der Waals surface area contributed by atoms with Gasteiger partial charge in [0.1, 0.15) is 42.3 Å². The van der Waals surface area contributed by atoms with Gasteiger partial charge in [0.25, 0.3) is 0 Å². The van der Waals surface area contributed by atoms with Gasteiger partial charge in [-0.2, -0.15) is 23.5 Å². The monoisotopic (exact) mass is 1020 g/mol. The van der Waals surface area contributed by atoms with Crippen molar-refractivity contribution in [2.75, 3.05) is 63.3 Å². The van der Waals surface area contributed by atoms with Crippen LogP contribution in [0.15, 0.2) is 35.3 Å². The SMILES string of the molecule is CSCC[C@H](NC(=O)CNC(=O)[C@@H]1CCCN1C(=O)[C@@H]1CCCN1C(=O)[C@@H](N)CCSC)C(=O)N[C@@H](CO)C(=O)N1CCC[C@H]1C(=O)N[C@@H](Cc1ccccc1)C(=O)N[C@@H](CCCN=C(N)N)C(=O)O. The summed E-state index contributed by atoms with van der Waals surface area (Å²) in [6, 6.07) is -0.0675. The van der Waals surface area contributed by atoms with E-state index in [0.29, 0.717) is 68.7 Å². The Hall–Kier alpha value is -5.66. The number of aliphatic hydroxyl groups is 1. The highest BCUT2D eigenvalue weighted by Crippen LogP contribution is 2.26. The molecule has 388 valence electrons. The molecule has 0 radical (unpaired) electrons. The number of hydrogen-bond acceptors (Lipinski definition) is 14. The number of hydrogen-bond donors (Lipinski definition) is 10. The van der Waals surface area contributed by atoms with Crippen molar-refractivity contribution in [1.82, 2.24) is 41.3 Å². The summed E-state index contributed by atoms with van der Waals surface area (Å²) in [4.78, 5) is 129. The number of carbonyl (C=O) groups excluding carboxylic acids is 8. The summed E-state index contributed by atoms with van der Waals surface area (Å²) >= 11 is 2.96. The number of benzene rings is 1. The first-order valence-corrected chi connectivity index (χ1v) is 26.4. The molecular formula is C45H70N12O11S2. The van der Waals surface area contributed by atoms with Gasteiger partial charge in [0, 0.05) is 32.6 Å². The predicted molar refractivity (Wildman–Crippen MR) is 264 cm³/mol. The van der Waals surface area contributed by atoms with Crippen LogP contribution < -0.4 is 43.8 Å². The number of nitrogens with one attached hydrogen (secondary N) is 5. The highest BCUT2D eigenvalue weighted by atomic mass is 32.2. The lowest BCUT2D eigenvalue weighted by atomic mass is 10.0. The van der Waals surface area contributed by atoms with Gasteiger partial charge in [0.15, 0.2) is 5.96 Å². The lowest BCUT2D eigenvalue weighted by Crippen LogP contribution is -2.60. The number of carbonyl (C=O) groups is 9. The Morgan fingerprint density at radius 2 is 1.27 bits per heavy atom. The molecule has 3 aliphatic heterocycles. The number of thioether (sulfide) groups is 2. The molecule has 3 aliphatic rings. The van der Waals surface area contributed by atoms with E-state index in [1.807, 2.05) is 6.26 Å². The second kappa shape index (κ2) is 28.9. The summed E-state index contributed by atoms with van der Waals surface area (Å²) in [5.41, 5.74) is 17.5. The van der Waals surface area contributed by atoms with Crippen LogP contribution in [-0.4, -0.2) is 196 Å². The number of nitrogens with zero attached hydrogens (tertiary/aromatic N) is 4. The summed E-state index contributed by atoms with van der Waals surface area (Å²) < 4.78 is 0. The van der Waals surface area contributed by atoms with Crippen LogP contribution >= 0.6 is 23.5 Å². The van der Waals surface area contributed by atoms with Crippen molar-refractivity contribution in [2.45, 2.75) is 119 Å². The maximum absolute atomic E-state index is 14.0. The molecule has 0 aromatic heterocycles. The van der Waals surface area contributed by atoms with Gasteiger partial charge in [-0.1, -0.05) is 30.3 Å². The molecule has 0 unspecified atom stereocenters. The fraction of sp³-hybridized carbons (Fsp3) is 0.644. The third-order valence-corrected chi connectivity index (χ3v) is 13.7. The quantitative estimate of drug-likeness (QED) is 0.0242. The number of guanidine groups is 1. The maximum Gasteiger partial charge on any atom is 0.326 e. The van der Waals surface area contributed by atoms with E-state index in [2.05, 4.69) is 31.6 Å². The van der Waals surface area contributed by atoms with Crippen LogP contribution in [0.4, 0.5) is 0 Å². The molecule has 0 bridgehead atoms. The van der Waals surface area contributed by atoms with Gasteiger partial charge in [0.05, 0.1) is 19.2 Å². The van der Waals surface area contributed by atoms with Gasteiger partial charge in [-0.15, -0.1) is 0 Å². The maximum atomic E-state index is 14.0. The minimum atomic E-state index is -1.53. The summed E-state index contributed by atoms with van der Waals surface area (Å²) in [7, 11) is 0. The van der Waals surface area contributed by atoms with Crippen LogP contribution in [0.2, 0.25) is 0 Å². The molecule has 23 nitrogen and oxygen atoms in total. The zero-order chi connectivity index (χ0) is 51.3. The average Bonchev–Trinajstić information content (AvgIpc) is 4.16. The largest absolute Gasteiger partial charge is 0.480 e. The molecule has 13 N–H and O–H groups in total. The molecule has 1 aromatic rings. The van der Waals surface area contributed by atoms with Crippen LogP contribution in [0.25, 0.3) is 0 Å². The third kappa shape index (κ3) is 16.7. The number of rotatable bonds is 27. The van der Waals surface area contributed by atoms with Gasteiger partial charge < -0.3 is 68.7 Å². The highest BCUT2D eigenvalue weighted by Gasteiger charge is 2.44. The number of carboxylic acids is 1. The van der Waals surface area contributed by atoms with Crippen molar-refractivity contribution >= 4 is 82.7 Å². The van der Waals surface area contributed by atoms with Gasteiger partial charge in [0.2, 0.25) is 47.3 Å². The number of amides is 8. The Kier molecular flexibility index (Phi) is 23.5. The van der Waals surface area contributed by atoms with Crippen molar-refractivity contribution in [3.05, 3.63) is 35.9 Å². The molecule has 3 heterocycles. The standard InChI is InChI=1S/C45H70N12O11S2/c1-69-22-16-28(46)41(64)57-21-9-15-35(57)43(66)56-20-7-13-33(56)39(62)50-25-36(59)51-29(17-23-70-2)37(60)54-32(26-58)42(65)55-19-8-14-34(55)40(63)53-31(24-27-10-4-3-5-11-27)38(61)52-30(44(67)68)12-6-18-49-45(47)48/h3-5,10-11,28-35,58H,6-9,12-26,46H2,1-2H3,(H,50,62)(H,51,59)(H,52,61)(H,53,63)(H,54,60)(H,67,68)(H4,47,48,49)/t28-,29-,30-,31-,32-,33-,34-,35-/m0/s1. The molecule has 0 spiro atoms. The number of carboxylic acid groups (broad SMARTS) is 1. The van der Waals surface area contributed by atoms with Crippen LogP contribution in [0, 0.1) is 0 Å². The fourth-order valence-corrected chi connectivity index (χ4v) is 9.68. The first-order valence-electron chi connectivity index (χ1n) is 23.6. The predicted octanol–water partition coefficient (Wildman–Crippen LogP) is -2.78. The van der Waals surface area contributed by atoms with Crippen molar-refractivity contribution in [1.29, 1.82) is 0 Å². The number of aliphatic imine (C=N–C) groups is 1. The van der Waals surface area contributed by atoms with Crippen LogP contribution in [0.5, 0.6) is 0 Å². The van der Waals surface area contributed by atoms with Crippen molar-refractivity contribution in [3.8, 4) is 0 Å². The molecule has 4 rings (SSSR count). The Morgan fingerprint density at radius 3 is 1.89 bits per heavy atom. The summed E-state index contributed by atoms with van der Waals surface area (Å²) in [6.07, 6.45) is 7.03. The average molecular weight is 1020 g/mol. The molecule has 8 atom stereocenters. The first kappa shape index (κ1) is 56.9. The van der Waals surface area contributed by atoms with Crippen LogP contribution in [0.1, 0.15) is 69.8 Å². The summed E-state index contributed by atoms with van der Waals surface area (Å²) in [5, 5.41) is 33.1. The Morgan fingerprint density at radius 1 is 0.700 bits per heavy atom. The Balaban J connectivity index is 1.36. The van der Waals surface area contributed by atoms with Crippen LogP contribution in [-0.2, 0) is 49.6 Å². The second-order valence-corrected chi connectivity index (χ2v) is 19.4. The zero-order valence-corrected chi connectivity index (χ0v) is 41.5. The Bertz CT molecular complexity index is 2020. The topological polar surface area (TPSA) is 354 Å². The first-order chi connectivity index (χ1) is 33.5. The molecule has 3 saturated heterocycles. The number of aliphatic hydroxyl groups excluding tert-OH is 1. The van der Waals surface area contributed by atoms with E-state index in [1.54, 1.807) is 48.3 Å². The van der Waals surface area contributed by atoms with E-state index in [9.17, 15) is 53.4 Å². The van der Waals surface area contributed by atoms with Crippen molar-refractivity contribution in [2.24, 2.45) is 22.2 Å². The van der Waals surface area contributed by atoms with E-state index in [1.165, 1.54) is 26.5 Å². The number of aliphatic carboxylic acids is 1. The number of likely N-dealkylation sites (tertiary alicyclic amines) is 3. The lowest BCUT2D eigenvalue weighted by molar-refractivity contribution is -0.147. The normalized spacial score (nSPS) is 19.8. The minimum absolute atomic E-state index is 0.00926. The Labute approximate surface area is 416 Å². The van der Waals surface area contributed by atoms with E-state index in [-0.39, 0.29) is 63.0 Å². The smallest absolute Gasteiger partial charge is 0.326 e. The van der Waals surface area contributed by atoms with Gasteiger partial charge in [-0.25, -0.2) is 4.79 Å². The molecule has 25 heteroatoms. The van der Waals surface area contributed by atoms with Crippen LogP contribution in [0.3, 0.4) is 0 Å². The molecule has 0 saturated carbocycles. The van der Waals surface area contributed by atoms with Gasteiger partial charge in [-0.05, 0) is 93.8 Å². The molecule has 1 aromatic carbocycles. The lowest BCUT2D eigenvalue weighted by Gasteiger charge is -2.32. The third-order valence-electron chi connectivity index (χ3n) is 12.4. The fourth-order valence-electron chi connectivity index (χ4n) is 8.72. The van der Waals surface area contributed by atoms with E-state index >= 15 is 0 Å². The second-order valence-electron chi connectivity index (χ2n) is 17.4.